The molecule has 6 nitrogen and oxygen atoms in total. The Kier molecular flexibility index (Phi) is 3.97. The third kappa shape index (κ3) is 2.88. The van der Waals surface area contributed by atoms with Crippen molar-refractivity contribution in [3.8, 4) is 0 Å². The van der Waals surface area contributed by atoms with Crippen molar-refractivity contribution in [2.45, 2.75) is 19.4 Å². The summed E-state index contributed by atoms with van der Waals surface area (Å²) in [6, 6.07) is 10.6. The number of hydrogen-bond donors (Lipinski definition) is 1. The summed E-state index contributed by atoms with van der Waals surface area (Å²) < 4.78 is 5.00. The number of anilines is 1. The number of ether oxygens (including phenoxy) is 1. The molecule has 1 aromatic heterocycles. The highest BCUT2D eigenvalue weighted by Gasteiger charge is 2.31. The van der Waals surface area contributed by atoms with E-state index in [2.05, 4.69) is 4.98 Å². The molecule has 0 aliphatic carbocycles. The Labute approximate surface area is 132 Å². The first-order valence-electron chi connectivity index (χ1n) is 7.32. The Balaban J connectivity index is 1.70. The second-order valence-corrected chi connectivity index (χ2v) is 5.43. The smallest absolute Gasteiger partial charge is 0.344 e. The molecule has 3 rings (SSSR count). The minimum Gasteiger partial charge on any atom is -0.452 e. The predicted octanol–water partition coefficient (Wildman–Crippen LogP) is 1.51. The van der Waals surface area contributed by atoms with Gasteiger partial charge in [-0.15, -0.1) is 0 Å². The highest BCUT2D eigenvalue weighted by atomic mass is 16.5. The van der Waals surface area contributed by atoms with Crippen LogP contribution < -0.4 is 10.5 Å². The highest BCUT2D eigenvalue weighted by Crippen LogP contribution is 2.31. The van der Waals surface area contributed by atoms with Crippen LogP contribution in [0, 0.1) is 0 Å². The van der Waals surface area contributed by atoms with Gasteiger partial charge in [0.15, 0.2) is 6.61 Å². The summed E-state index contributed by atoms with van der Waals surface area (Å²) in [5.74, 6) is -1.11. The van der Waals surface area contributed by atoms with Gasteiger partial charge in [0.1, 0.15) is 5.56 Å². The average molecular weight is 312 g/mol. The van der Waals surface area contributed by atoms with E-state index >= 15 is 0 Å². The molecule has 1 aliphatic heterocycles. The zero-order chi connectivity index (χ0) is 16.4. The number of aromatic nitrogens is 1. The summed E-state index contributed by atoms with van der Waals surface area (Å²) in [5, 5.41) is 0. The molecule has 1 aliphatic rings. The van der Waals surface area contributed by atoms with E-state index in [4.69, 9.17) is 4.74 Å². The monoisotopic (exact) mass is 312 g/mol. The second kappa shape index (κ2) is 6.08. The fourth-order valence-electron chi connectivity index (χ4n) is 2.80. The van der Waals surface area contributed by atoms with Crippen LogP contribution in [0.3, 0.4) is 0 Å². The Bertz CT molecular complexity index is 812. The Morgan fingerprint density at radius 1 is 1.26 bits per heavy atom. The molecule has 0 fully saturated rings. The van der Waals surface area contributed by atoms with Crippen LogP contribution in [0.25, 0.3) is 0 Å². The van der Waals surface area contributed by atoms with Crippen molar-refractivity contribution in [2.75, 3.05) is 11.5 Å². The summed E-state index contributed by atoms with van der Waals surface area (Å²) in [7, 11) is 0. The lowest BCUT2D eigenvalue weighted by molar-refractivity contribution is -0.122. The van der Waals surface area contributed by atoms with Crippen LogP contribution in [0.15, 0.2) is 47.4 Å². The number of para-hydroxylation sites is 1. The Morgan fingerprint density at radius 3 is 2.83 bits per heavy atom. The van der Waals surface area contributed by atoms with Crippen LogP contribution in [0.5, 0.6) is 0 Å². The molecule has 23 heavy (non-hydrogen) atoms. The van der Waals surface area contributed by atoms with Gasteiger partial charge in [0.2, 0.25) is 0 Å². The van der Waals surface area contributed by atoms with Gasteiger partial charge in [0.25, 0.3) is 11.5 Å². The summed E-state index contributed by atoms with van der Waals surface area (Å²) in [5.41, 5.74) is 1.29. The third-order valence-corrected chi connectivity index (χ3v) is 3.84. The quantitative estimate of drug-likeness (QED) is 0.871. The van der Waals surface area contributed by atoms with Gasteiger partial charge in [-0.1, -0.05) is 18.2 Å². The molecule has 1 atom stereocenters. The van der Waals surface area contributed by atoms with Crippen molar-refractivity contribution in [1.82, 2.24) is 4.98 Å². The second-order valence-electron chi connectivity index (χ2n) is 5.43. The molecule has 0 radical (unpaired) electrons. The van der Waals surface area contributed by atoms with E-state index in [9.17, 15) is 14.4 Å². The number of fused-ring (bicyclic) bond motifs is 1. The number of esters is 1. The van der Waals surface area contributed by atoms with Crippen LogP contribution in [0.2, 0.25) is 0 Å². The molecule has 118 valence electrons. The maximum Gasteiger partial charge on any atom is 0.344 e. The van der Waals surface area contributed by atoms with Crippen molar-refractivity contribution in [3.63, 3.8) is 0 Å². The van der Waals surface area contributed by atoms with Crippen LogP contribution >= 0.6 is 0 Å². The first-order valence-corrected chi connectivity index (χ1v) is 7.32. The van der Waals surface area contributed by atoms with Crippen molar-refractivity contribution in [3.05, 3.63) is 64.1 Å². The molecular weight excluding hydrogens is 296 g/mol. The molecule has 6 heteroatoms. The number of aromatic amines is 1. The fourth-order valence-corrected chi connectivity index (χ4v) is 2.80. The van der Waals surface area contributed by atoms with Gasteiger partial charge in [-0.3, -0.25) is 9.59 Å². The van der Waals surface area contributed by atoms with Crippen LogP contribution in [-0.4, -0.2) is 29.5 Å². The molecule has 1 aromatic carbocycles. The maximum atomic E-state index is 12.4. The van der Waals surface area contributed by atoms with E-state index in [1.165, 1.54) is 18.3 Å². The number of nitrogens with one attached hydrogen (secondary N) is 1. The molecule has 0 saturated heterocycles. The maximum absolute atomic E-state index is 12.4. The molecule has 2 aromatic rings. The molecule has 0 bridgehead atoms. The largest absolute Gasteiger partial charge is 0.452 e. The molecule has 2 heterocycles. The van der Waals surface area contributed by atoms with E-state index in [0.29, 0.717) is 0 Å². The van der Waals surface area contributed by atoms with Crippen LogP contribution in [0.4, 0.5) is 5.69 Å². The number of carbonyl (C=O) groups is 2. The summed E-state index contributed by atoms with van der Waals surface area (Å²) in [6.45, 7) is 1.55. The standard InChI is InChI=1S/C17H16N2O4/c1-11-9-12-5-2-3-7-14(12)19(11)15(20)10-23-17(22)13-6-4-8-18-16(13)21/h2-8,11H,9-10H2,1H3,(H,18,21)/t11-/m0/s1. The highest BCUT2D eigenvalue weighted by molar-refractivity contribution is 5.99. The van der Waals surface area contributed by atoms with Gasteiger partial charge >= 0.3 is 5.97 Å². The average Bonchev–Trinajstić information content (AvgIpc) is 2.88. The van der Waals surface area contributed by atoms with E-state index in [0.717, 1.165) is 17.7 Å². The number of carbonyl (C=O) groups excluding carboxylic acids is 2. The van der Waals surface area contributed by atoms with Gasteiger partial charge < -0.3 is 14.6 Å². The van der Waals surface area contributed by atoms with Crippen molar-refractivity contribution in [1.29, 1.82) is 0 Å². The third-order valence-electron chi connectivity index (χ3n) is 3.84. The number of hydrogen-bond acceptors (Lipinski definition) is 4. The minimum atomic E-state index is -0.805. The summed E-state index contributed by atoms with van der Waals surface area (Å²) >= 11 is 0. The summed E-state index contributed by atoms with van der Waals surface area (Å²) in [6.07, 6.45) is 2.20. The Hall–Kier alpha value is -2.89. The minimum absolute atomic E-state index is 0.0127. The molecular formula is C17H16N2O4. The number of nitrogens with zero attached hydrogens (tertiary/aromatic N) is 1. The number of H-pyrrole nitrogens is 1. The van der Waals surface area contributed by atoms with Crippen molar-refractivity contribution >= 4 is 17.6 Å². The van der Waals surface area contributed by atoms with Gasteiger partial charge in [0, 0.05) is 17.9 Å². The topological polar surface area (TPSA) is 79.5 Å². The molecule has 1 amide bonds. The molecule has 0 saturated carbocycles. The lowest BCUT2D eigenvalue weighted by atomic mass is 10.1. The Morgan fingerprint density at radius 2 is 2.04 bits per heavy atom. The number of rotatable bonds is 3. The number of benzene rings is 1. The van der Waals surface area contributed by atoms with Crippen molar-refractivity contribution in [2.24, 2.45) is 0 Å². The van der Waals surface area contributed by atoms with Gasteiger partial charge in [-0.25, -0.2) is 4.79 Å². The van der Waals surface area contributed by atoms with Gasteiger partial charge in [-0.05, 0) is 37.1 Å². The number of pyridine rings is 1. The first-order chi connectivity index (χ1) is 11.1. The lowest BCUT2D eigenvalue weighted by Crippen LogP contribution is -2.39. The van der Waals surface area contributed by atoms with E-state index < -0.39 is 18.1 Å². The SMILES string of the molecule is C[C@H]1Cc2ccccc2N1C(=O)COC(=O)c1ccc[nH]c1=O. The van der Waals surface area contributed by atoms with Crippen molar-refractivity contribution < 1.29 is 14.3 Å². The lowest BCUT2D eigenvalue weighted by Gasteiger charge is -2.22. The molecule has 1 N–H and O–H groups in total. The fraction of sp³-hybridized carbons (Fsp3) is 0.235. The normalized spacial score (nSPS) is 16.0. The van der Waals surface area contributed by atoms with Gasteiger partial charge in [0.05, 0.1) is 0 Å². The number of amides is 1. The van der Waals surface area contributed by atoms with E-state index in [1.807, 2.05) is 31.2 Å². The first kappa shape index (κ1) is 15.0. The predicted molar refractivity (Wildman–Crippen MR) is 84.4 cm³/mol. The van der Waals surface area contributed by atoms with Crippen LogP contribution in [-0.2, 0) is 16.0 Å². The summed E-state index contributed by atoms with van der Waals surface area (Å²) in [4.78, 5) is 39.9. The zero-order valence-corrected chi connectivity index (χ0v) is 12.6. The van der Waals surface area contributed by atoms with Crippen LogP contribution in [0.1, 0.15) is 22.8 Å². The molecule has 0 spiro atoms. The van der Waals surface area contributed by atoms with Gasteiger partial charge in [-0.2, -0.15) is 0 Å². The zero-order valence-electron chi connectivity index (χ0n) is 12.6. The molecule has 0 unspecified atom stereocenters. The van der Waals surface area contributed by atoms with E-state index in [1.54, 1.807) is 4.90 Å². The van der Waals surface area contributed by atoms with E-state index in [-0.39, 0.29) is 17.5 Å².